The summed E-state index contributed by atoms with van der Waals surface area (Å²) in [7, 11) is 0. The van der Waals surface area contributed by atoms with E-state index in [1.807, 2.05) is 12.1 Å². The van der Waals surface area contributed by atoms with E-state index in [1.165, 1.54) is 10.5 Å². The molecule has 0 unspecified atom stereocenters. The molecule has 2 heteroatoms. The molecule has 70 valence electrons. The van der Waals surface area contributed by atoms with Crippen LogP contribution in [0.5, 0.6) is 5.75 Å². The van der Waals surface area contributed by atoms with Crippen LogP contribution in [0.3, 0.4) is 0 Å². The van der Waals surface area contributed by atoms with Crippen LogP contribution in [0.1, 0.15) is 13.8 Å². The molecule has 0 saturated carbocycles. The van der Waals surface area contributed by atoms with Crippen molar-refractivity contribution < 1.29 is 5.11 Å². The molecule has 0 spiro atoms. The highest BCUT2D eigenvalue weighted by Crippen LogP contribution is 2.20. The largest absolute Gasteiger partial charge is 0.508 e. The zero-order valence-corrected chi connectivity index (χ0v) is 8.77. The van der Waals surface area contributed by atoms with Gasteiger partial charge in [-0.25, -0.2) is 0 Å². The molecule has 0 aliphatic carbocycles. The molecule has 1 N–H and O–H groups in total. The summed E-state index contributed by atoms with van der Waals surface area (Å²) >= 11 is 1.77. The molecular weight excluding hydrogens is 180 g/mol. The van der Waals surface area contributed by atoms with Crippen LogP contribution in [0.2, 0.25) is 0 Å². The molecule has 0 aliphatic rings. The highest BCUT2D eigenvalue weighted by atomic mass is 32.2. The lowest BCUT2D eigenvalue weighted by atomic mass is 10.3. The maximum absolute atomic E-state index is 9.05. The van der Waals surface area contributed by atoms with Gasteiger partial charge in [0.2, 0.25) is 0 Å². The van der Waals surface area contributed by atoms with E-state index in [2.05, 4.69) is 19.9 Å². The summed E-state index contributed by atoms with van der Waals surface area (Å²) in [6, 6.07) is 7.29. The van der Waals surface area contributed by atoms with Gasteiger partial charge in [0.05, 0.1) is 0 Å². The van der Waals surface area contributed by atoms with E-state index in [1.54, 1.807) is 23.9 Å². The van der Waals surface area contributed by atoms with E-state index < -0.39 is 0 Å². The van der Waals surface area contributed by atoms with Crippen molar-refractivity contribution in [2.24, 2.45) is 0 Å². The highest BCUT2D eigenvalue weighted by molar-refractivity contribution is 7.99. The first-order chi connectivity index (χ1) is 6.18. The number of aromatic hydroxyl groups is 1. The summed E-state index contributed by atoms with van der Waals surface area (Å²) in [5.41, 5.74) is 1.34. The Bertz CT molecular complexity index is 283. The summed E-state index contributed by atoms with van der Waals surface area (Å²) in [5, 5.41) is 9.05. The van der Waals surface area contributed by atoms with Crippen molar-refractivity contribution in [2.45, 2.75) is 18.7 Å². The van der Waals surface area contributed by atoms with E-state index in [0.717, 1.165) is 5.75 Å². The smallest absolute Gasteiger partial charge is 0.115 e. The van der Waals surface area contributed by atoms with Gasteiger partial charge in [-0.05, 0) is 38.1 Å². The normalized spacial score (nSPS) is 9.69. The third-order valence-corrected chi connectivity index (χ3v) is 2.52. The van der Waals surface area contributed by atoms with Gasteiger partial charge in [-0.2, -0.15) is 0 Å². The van der Waals surface area contributed by atoms with E-state index in [9.17, 15) is 0 Å². The van der Waals surface area contributed by atoms with Crippen LogP contribution in [-0.2, 0) is 0 Å². The molecule has 1 aromatic rings. The Kier molecular flexibility index (Phi) is 3.90. The number of phenols is 1. The predicted molar refractivity (Wildman–Crippen MR) is 58.3 cm³/mol. The van der Waals surface area contributed by atoms with Crippen molar-refractivity contribution in [3.05, 3.63) is 35.9 Å². The summed E-state index contributed by atoms with van der Waals surface area (Å²) < 4.78 is 0. The molecular formula is C11H14OS. The Morgan fingerprint density at radius 1 is 1.31 bits per heavy atom. The number of allylic oxidation sites excluding steroid dienone is 1. The van der Waals surface area contributed by atoms with Crippen LogP contribution in [-0.4, -0.2) is 10.9 Å². The topological polar surface area (TPSA) is 20.2 Å². The summed E-state index contributed by atoms with van der Waals surface area (Å²) in [5.74, 6) is 1.32. The van der Waals surface area contributed by atoms with Crippen LogP contribution < -0.4 is 0 Å². The molecule has 0 saturated heterocycles. The van der Waals surface area contributed by atoms with Crippen LogP contribution in [0.25, 0.3) is 0 Å². The molecule has 1 aromatic carbocycles. The SMILES string of the molecule is CC(C)=CCSc1ccc(O)cc1. The molecule has 13 heavy (non-hydrogen) atoms. The van der Waals surface area contributed by atoms with Gasteiger partial charge < -0.3 is 5.11 Å². The fourth-order valence-electron chi connectivity index (χ4n) is 0.847. The fourth-order valence-corrected chi connectivity index (χ4v) is 1.78. The summed E-state index contributed by atoms with van der Waals surface area (Å²) in [6.07, 6.45) is 2.19. The van der Waals surface area contributed by atoms with E-state index >= 15 is 0 Å². The van der Waals surface area contributed by atoms with Crippen molar-refractivity contribution in [2.75, 3.05) is 5.75 Å². The quantitative estimate of drug-likeness (QED) is 0.587. The van der Waals surface area contributed by atoms with Gasteiger partial charge in [0.25, 0.3) is 0 Å². The van der Waals surface area contributed by atoms with E-state index in [4.69, 9.17) is 5.11 Å². The number of phenolic OH excluding ortho intramolecular Hbond substituents is 1. The second-order valence-electron chi connectivity index (χ2n) is 3.09. The highest BCUT2D eigenvalue weighted by Gasteiger charge is 1.91. The molecule has 0 fully saturated rings. The molecule has 1 nitrogen and oxygen atoms in total. The van der Waals surface area contributed by atoms with Gasteiger partial charge in [0.15, 0.2) is 0 Å². The maximum atomic E-state index is 9.05. The Labute approximate surface area is 83.5 Å². The van der Waals surface area contributed by atoms with Gasteiger partial charge >= 0.3 is 0 Å². The number of benzene rings is 1. The third kappa shape index (κ3) is 4.04. The first kappa shape index (κ1) is 10.2. The molecule has 0 bridgehead atoms. The van der Waals surface area contributed by atoms with Crippen molar-refractivity contribution in [1.82, 2.24) is 0 Å². The first-order valence-corrected chi connectivity index (χ1v) is 5.22. The van der Waals surface area contributed by atoms with Crippen molar-refractivity contribution in [3.8, 4) is 5.75 Å². The monoisotopic (exact) mass is 194 g/mol. The Morgan fingerprint density at radius 2 is 1.92 bits per heavy atom. The zero-order valence-electron chi connectivity index (χ0n) is 7.95. The molecule has 0 amide bonds. The molecule has 1 rings (SSSR count). The number of hydrogen-bond acceptors (Lipinski definition) is 2. The maximum Gasteiger partial charge on any atom is 0.115 e. The van der Waals surface area contributed by atoms with Gasteiger partial charge in [-0.3, -0.25) is 0 Å². The van der Waals surface area contributed by atoms with Gasteiger partial charge in [-0.1, -0.05) is 11.6 Å². The minimum Gasteiger partial charge on any atom is -0.508 e. The molecule has 0 heterocycles. The summed E-state index contributed by atoms with van der Waals surface area (Å²) in [4.78, 5) is 1.19. The molecule has 0 atom stereocenters. The lowest BCUT2D eigenvalue weighted by molar-refractivity contribution is 0.475. The van der Waals surface area contributed by atoms with Crippen LogP contribution in [0.4, 0.5) is 0 Å². The molecule has 0 aliphatic heterocycles. The standard InChI is InChI=1S/C11H14OS/c1-9(2)7-8-13-11-5-3-10(12)4-6-11/h3-7,12H,8H2,1-2H3. The van der Waals surface area contributed by atoms with Crippen molar-refractivity contribution >= 4 is 11.8 Å². The van der Waals surface area contributed by atoms with Crippen LogP contribution in [0, 0.1) is 0 Å². The van der Waals surface area contributed by atoms with Gasteiger partial charge in [-0.15, -0.1) is 11.8 Å². The van der Waals surface area contributed by atoms with Gasteiger partial charge in [0.1, 0.15) is 5.75 Å². The first-order valence-electron chi connectivity index (χ1n) is 4.23. The van der Waals surface area contributed by atoms with Crippen molar-refractivity contribution in [3.63, 3.8) is 0 Å². The predicted octanol–water partition coefficient (Wildman–Crippen LogP) is 3.45. The third-order valence-electron chi connectivity index (χ3n) is 1.58. The second kappa shape index (κ2) is 4.97. The van der Waals surface area contributed by atoms with Crippen LogP contribution >= 0.6 is 11.8 Å². The van der Waals surface area contributed by atoms with Crippen LogP contribution in [0.15, 0.2) is 40.8 Å². The van der Waals surface area contributed by atoms with E-state index in [0.29, 0.717) is 5.75 Å². The van der Waals surface area contributed by atoms with Crippen molar-refractivity contribution in [1.29, 1.82) is 0 Å². The zero-order chi connectivity index (χ0) is 9.68. The number of hydrogen-bond donors (Lipinski definition) is 1. The minimum atomic E-state index is 0.326. The minimum absolute atomic E-state index is 0.326. The lowest BCUT2D eigenvalue weighted by Gasteiger charge is -1.98. The average Bonchev–Trinajstić information content (AvgIpc) is 2.08. The fraction of sp³-hybridized carbons (Fsp3) is 0.273. The Balaban J connectivity index is 2.46. The van der Waals surface area contributed by atoms with Gasteiger partial charge in [0, 0.05) is 10.6 Å². The average molecular weight is 194 g/mol. The Hall–Kier alpha value is -0.890. The number of rotatable bonds is 3. The molecule has 0 radical (unpaired) electrons. The lowest BCUT2D eigenvalue weighted by Crippen LogP contribution is -1.75. The Morgan fingerprint density at radius 3 is 2.46 bits per heavy atom. The second-order valence-corrected chi connectivity index (χ2v) is 4.18. The summed E-state index contributed by atoms with van der Waals surface area (Å²) in [6.45, 7) is 4.19. The number of thioether (sulfide) groups is 1. The van der Waals surface area contributed by atoms with E-state index in [-0.39, 0.29) is 0 Å². The molecule has 0 aromatic heterocycles.